The van der Waals surface area contributed by atoms with Crippen molar-refractivity contribution in [2.75, 3.05) is 5.73 Å². The lowest BCUT2D eigenvalue weighted by atomic mass is 9.86. The number of H-pyrrole nitrogens is 1. The lowest BCUT2D eigenvalue weighted by molar-refractivity contribution is 0.590. The molecule has 3 rings (SSSR count). The Labute approximate surface area is 118 Å². The summed E-state index contributed by atoms with van der Waals surface area (Å²) < 4.78 is 0. The van der Waals surface area contributed by atoms with Gasteiger partial charge in [0.15, 0.2) is 5.82 Å². The standard InChI is InChI=1S/C17H19N3/c1-17(2,3)12-9-7-11(8-10-12)13-5-4-6-14-15(13)16(18)20-19-14/h4-10H,1-3H3,(H3,18,19,20). The molecule has 0 aliphatic heterocycles. The van der Waals surface area contributed by atoms with E-state index >= 15 is 0 Å². The van der Waals surface area contributed by atoms with Crippen LogP contribution in [-0.2, 0) is 5.41 Å². The van der Waals surface area contributed by atoms with Gasteiger partial charge in [-0.1, -0.05) is 57.2 Å². The van der Waals surface area contributed by atoms with Gasteiger partial charge in [-0.3, -0.25) is 5.10 Å². The van der Waals surface area contributed by atoms with Gasteiger partial charge >= 0.3 is 0 Å². The maximum atomic E-state index is 5.97. The van der Waals surface area contributed by atoms with Crippen molar-refractivity contribution in [2.24, 2.45) is 0 Å². The zero-order valence-electron chi connectivity index (χ0n) is 12.1. The number of anilines is 1. The van der Waals surface area contributed by atoms with Crippen molar-refractivity contribution in [3.63, 3.8) is 0 Å². The van der Waals surface area contributed by atoms with Crippen LogP contribution in [0.5, 0.6) is 0 Å². The smallest absolute Gasteiger partial charge is 0.153 e. The first kappa shape index (κ1) is 12.7. The Balaban J connectivity index is 2.14. The summed E-state index contributed by atoms with van der Waals surface area (Å²) in [6.45, 7) is 6.66. The van der Waals surface area contributed by atoms with Gasteiger partial charge in [-0.15, -0.1) is 0 Å². The van der Waals surface area contributed by atoms with Crippen molar-refractivity contribution in [2.45, 2.75) is 26.2 Å². The van der Waals surface area contributed by atoms with Crippen LogP contribution in [0, 0.1) is 0 Å². The van der Waals surface area contributed by atoms with Gasteiger partial charge < -0.3 is 5.73 Å². The lowest BCUT2D eigenvalue weighted by Crippen LogP contribution is -2.10. The number of nitrogens with zero attached hydrogens (tertiary/aromatic N) is 1. The molecule has 0 unspecified atom stereocenters. The van der Waals surface area contributed by atoms with Crippen molar-refractivity contribution in [3.8, 4) is 11.1 Å². The summed E-state index contributed by atoms with van der Waals surface area (Å²) in [6, 6.07) is 14.8. The molecule has 0 fully saturated rings. The molecule has 0 aliphatic rings. The largest absolute Gasteiger partial charge is 0.382 e. The number of benzene rings is 2. The van der Waals surface area contributed by atoms with Gasteiger partial charge in [-0.05, 0) is 28.2 Å². The van der Waals surface area contributed by atoms with Crippen LogP contribution in [-0.4, -0.2) is 10.2 Å². The molecule has 0 saturated heterocycles. The Bertz CT molecular complexity index is 746. The van der Waals surface area contributed by atoms with Crippen LogP contribution in [0.15, 0.2) is 42.5 Å². The molecule has 0 bridgehead atoms. The highest BCUT2D eigenvalue weighted by atomic mass is 15.1. The van der Waals surface area contributed by atoms with Crippen molar-refractivity contribution in [1.82, 2.24) is 10.2 Å². The van der Waals surface area contributed by atoms with Crippen molar-refractivity contribution in [1.29, 1.82) is 0 Å². The van der Waals surface area contributed by atoms with Crippen LogP contribution in [0.3, 0.4) is 0 Å². The van der Waals surface area contributed by atoms with E-state index in [1.165, 1.54) is 5.56 Å². The molecule has 1 heterocycles. The SMILES string of the molecule is CC(C)(C)c1ccc(-c2cccc3[nH]nc(N)c23)cc1. The van der Waals surface area contributed by atoms with Crippen molar-refractivity contribution in [3.05, 3.63) is 48.0 Å². The van der Waals surface area contributed by atoms with Crippen LogP contribution in [0.4, 0.5) is 5.82 Å². The average Bonchev–Trinajstić information content (AvgIpc) is 2.80. The third-order valence-corrected chi connectivity index (χ3v) is 3.68. The van der Waals surface area contributed by atoms with E-state index < -0.39 is 0 Å². The second kappa shape index (κ2) is 4.37. The molecule has 2 aromatic carbocycles. The van der Waals surface area contributed by atoms with E-state index in [-0.39, 0.29) is 5.41 Å². The summed E-state index contributed by atoms with van der Waals surface area (Å²) in [5.41, 5.74) is 10.7. The quantitative estimate of drug-likeness (QED) is 0.695. The Morgan fingerprint density at radius 1 is 1.00 bits per heavy atom. The van der Waals surface area contributed by atoms with Crippen LogP contribution in [0.2, 0.25) is 0 Å². The van der Waals surface area contributed by atoms with E-state index in [1.54, 1.807) is 0 Å². The molecule has 102 valence electrons. The average molecular weight is 265 g/mol. The normalized spacial score (nSPS) is 11.9. The van der Waals surface area contributed by atoms with Crippen molar-refractivity contribution < 1.29 is 0 Å². The summed E-state index contributed by atoms with van der Waals surface area (Å²) in [5, 5.41) is 8.05. The first-order valence-corrected chi connectivity index (χ1v) is 6.80. The molecule has 0 radical (unpaired) electrons. The molecule has 3 aromatic rings. The fourth-order valence-electron chi connectivity index (χ4n) is 2.49. The van der Waals surface area contributed by atoms with Gasteiger partial charge in [0, 0.05) is 0 Å². The van der Waals surface area contributed by atoms with Crippen LogP contribution in [0.25, 0.3) is 22.0 Å². The molecule has 0 saturated carbocycles. The Morgan fingerprint density at radius 2 is 1.70 bits per heavy atom. The van der Waals surface area contributed by atoms with E-state index in [4.69, 9.17) is 5.73 Å². The van der Waals surface area contributed by atoms with Gasteiger partial charge in [-0.2, -0.15) is 5.10 Å². The second-order valence-corrected chi connectivity index (χ2v) is 6.16. The molecule has 1 aromatic heterocycles. The molecule has 0 atom stereocenters. The summed E-state index contributed by atoms with van der Waals surface area (Å²) in [6.07, 6.45) is 0. The number of aromatic amines is 1. The number of hydrogen-bond donors (Lipinski definition) is 2. The summed E-state index contributed by atoms with van der Waals surface area (Å²) in [5.74, 6) is 0.551. The molecular formula is C17H19N3. The minimum absolute atomic E-state index is 0.166. The Kier molecular flexibility index (Phi) is 2.78. The van der Waals surface area contributed by atoms with Crippen LogP contribution < -0.4 is 5.73 Å². The lowest BCUT2D eigenvalue weighted by Gasteiger charge is -2.19. The Hall–Kier alpha value is -2.29. The summed E-state index contributed by atoms with van der Waals surface area (Å²) >= 11 is 0. The molecule has 0 spiro atoms. The van der Waals surface area contributed by atoms with Gasteiger partial charge in [0.1, 0.15) is 0 Å². The number of nitrogen functional groups attached to an aromatic ring is 1. The van der Waals surface area contributed by atoms with Gasteiger partial charge in [0.05, 0.1) is 10.9 Å². The minimum Gasteiger partial charge on any atom is -0.382 e. The number of fused-ring (bicyclic) bond motifs is 1. The second-order valence-electron chi connectivity index (χ2n) is 6.16. The number of nitrogens with two attached hydrogens (primary N) is 1. The summed E-state index contributed by atoms with van der Waals surface area (Å²) in [7, 11) is 0. The molecule has 0 aliphatic carbocycles. The fourth-order valence-corrected chi connectivity index (χ4v) is 2.49. The van der Waals surface area contributed by atoms with E-state index in [0.717, 1.165) is 22.0 Å². The highest BCUT2D eigenvalue weighted by Crippen LogP contribution is 2.32. The maximum absolute atomic E-state index is 5.97. The van der Waals surface area contributed by atoms with Gasteiger partial charge in [0.2, 0.25) is 0 Å². The molecular weight excluding hydrogens is 246 g/mol. The van der Waals surface area contributed by atoms with Crippen molar-refractivity contribution >= 4 is 16.7 Å². The fraction of sp³-hybridized carbons (Fsp3) is 0.235. The van der Waals surface area contributed by atoms with E-state index in [0.29, 0.717) is 5.82 Å². The van der Waals surface area contributed by atoms with Crippen LogP contribution >= 0.6 is 0 Å². The first-order valence-electron chi connectivity index (χ1n) is 6.80. The van der Waals surface area contributed by atoms with E-state index in [9.17, 15) is 0 Å². The molecule has 20 heavy (non-hydrogen) atoms. The molecule has 0 amide bonds. The zero-order chi connectivity index (χ0) is 14.3. The monoisotopic (exact) mass is 265 g/mol. The minimum atomic E-state index is 0.166. The van der Waals surface area contributed by atoms with E-state index in [2.05, 4.69) is 61.3 Å². The topological polar surface area (TPSA) is 54.7 Å². The third kappa shape index (κ3) is 2.05. The number of rotatable bonds is 1. The van der Waals surface area contributed by atoms with Gasteiger partial charge in [0.25, 0.3) is 0 Å². The number of aromatic nitrogens is 2. The van der Waals surface area contributed by atoms with E-state index in [1.807, 2.05) is 12.1 Å². The predicted molar refractivity (Wildman–Crippen MR) is 84.6 cm³/mol. The van der Waals surface area contributed by atoms with Crippen LogP contribution in [0.1, 0.15) is 26.3 Å². The number of hydrogen-bond acceptors (Lipinski definition) is 2. The summed E-state index contributed by atoms with van der Waals surface area (Å²) in [4.78, 5) is 0. The molecule has 3 nitrogen and oxygen atoms in total. The Morgan fingerprint density at radius 3 is 2.35 bits per heavy atom. The van der Waals surface area contributed by atoms with Gasteiger partial charge in [-0.25, -0.2) is 0 Å². The highest BCUT2D eigenvalue weighted by Gasteiger charge is 2.14. The predicted octanol–water partition coefficient (Wildman–Crippen LogP) is 4.11. The zero-order valence-corrected chi connectivity index (χ0v) is 12.1. The highest BCUT2D eigenvalue weighted by molar-refractivity contribution is 6.01. The molecule has 3 heteroatoms. The number of nitrogens with one attached hydrogen (secondary N) is 1. The maximum Gasteiger partial charge on any atom is 0.153 e. The third-order valence-electron chi connectivity index (χ3n) is 3.68. The first-order chi connectivity index (χ1) is 9.47. The molecule has 3 N–H and O–H groups in total.